The molecule has 3 nitrogen and oxygen atoms in total. The van der Waals surface area contributed by atoms with Crippen LogP contribution in [-0.4, -0.2) is 23.1 Å². The van der Waals surface area contributed by atoms with Crippen LogP contribution in [0.2, 0.25) is 5.15 Å². The summed E-state index contributed by atoms with van der Waals surface area (Å²) in [5.41, 5.74) is 0.938. The SMILES string of the molecule is Cc1nc(Cl)c(C)c(N(C)C(C)Cc2cccs2)n1. The number of halogens is 1. The number of hydrogen-bond acceptors (Lipinski definition) is 4. The Hall–Kier alpha value is -1.13. The minimum Gasteiger partial charge on any atom is -0.356 e. The van der Waals surface area contributed by atoms with Gasteiger partial charge in [0.15, 0.2) is 0 Å². The number of thiophene rings is 1. The molecule has 0 N–H and O–H groups in total. The second-order valence-corrected chi connectivity index (χ2v) is 6.14. The minimum atomic E-state index is 0.364. The number of nitrogens with zero attached hydrogens (tertiary/aromatic N) is 3. The highest BCUT2D eigenvalue weighted by molar-refractivity contribution is 7.09. The van der Waals surface area contributed by atoms with E-state index in [-0.39, 0.29) is 0 Å². The third kappa shape index (κ3) is 3.25. The smallest absolute Gasteiger partial charge is 0.137 e. The molecule has 0 aliphatic heterocycles. The average Bonchev–Trinajstić information content (AvgIpc) is 2.85. The lowest BCUT2D eigenvalue weighted by molar-refractivity contribution is 0.675. The van der Waals surface area contributed by atoms with Gasteiger partial charge in [0.2, 0.25) is 0 Å². The van der Waals surface area contributed by atoms with Crippen molar-refractivity contribution in [3.63, 3.8) is 0 Å². The van der Waals surface area contributed by atoms with Crippen LogP contribution in [0.3, 0.4) is 0 Å². The standard InChI is InChI=1S/C14H18ClN3S/c1-9(8-12-6-5-7-19-12)18(4)14-10(2)13(15)16-11(3)17-14/h5-7,9H,8H2,1-4H3. The zero-order valence-corrected chi connectivity index (χ0v) is 13.2. The van der Waals surface area contributed by atoms with Gasteiger partial charge in [-0.3, -0.25) is 0 Å². The van der Waals surface area contributed by atoms with Gasteiger partial charge in [-0.05, 0) is 32.2 Å². The average molecular weight is 296 g/mol. The molecule has 0 amide bonds. The van der Waals surface area contributed by atoms with E-state index in [0.717, 1.165) is 17.8 Å². The van der Waals surface area contributed by atoms with Crippen LogP contribution in [0.15, 0.2) is 17.5 Å². The van der Waals surface area contributed by atoms with E-state index in [2.05, 4.69) is 46.4 Å². The van der Waals surface area contributed by atoms with Crippen molar-refractivity contribution < 1.29 is 0 Å². The molecular formula is C14H18ClN3S. The maximum Gasteiger partial charge on any atom is 0.137 e. The predicted molar refractivity (Wildman–Crippen MR) is 82.4 cm³/mol. The van der Waals surface area contributed by atoms with E-state index in [4.69, 9.17) is 11.6 Å². The molecule has 2 rings (SSSR count). The molecule has 0 aromatic carbocycles. The summed E-state index contributed by atoms with van der Waals surface area (Å²) in [7, 11) is 2.06. The van der Waals surface area contributed by atoms with Gasteiger partial charge in [0.1, 0.15) is 16.8 Å². The Morgan fingerprint density at radius 2 is 2.11 bits per heavy atom. The highest BCUT2D eigenvalue weighted by atomic mass is 35.5. The summed E-state index contributed by atoms with van der Waals surface area (Å²) in [6.45, 7) is 6.03. The molecule has 0 saturated heterocycles. The van der Waals surface area contributed by atoms with Crippen LogP contribution in [0, 0.1) is 13.8 Å². The predicted octanol–water partition coefficient (Wildman–Crippen LogP) is 3.88. The summed E-state index contributed by atoms with van der Waals surface area (Å²) in [5.74, 6) is 1.63. The molecule has 5 heteroatoms. The van der Waals surface area contributed by atoms with Gasteiger partial charge in [-0.2, -0.15) is 0 Å². The minimum absolute atomic E-state index is 0.364. The maximum atomic E-state index is 6.13. The van der Waals surface area contributed by atoms with Crippen molar-refractivity contribution in [1.82, 2.24) is 9.97 Å². The zero-order valence-electron chi connectivity index (χ0n) is 11.6. The van der Waals surface area contributed by atoms with E-state index in [1.165, 1.54) is 4.88 Å². The van der Waals surface area contributed by atoms with Gasteiger partial charge in [0.25, 0.3) is 0 Å². The summed E-state index contributed by atoms with van der Waals surface area (Å²) in [6.07, 6.45) is 1.01. The Kier molecular flexibility index (Phi) is 4.42. The lowest BCUT2D eigenvalue weighted by Gasteiger charge is -2.27. The molecule has 2 aromatic rings. The first-order valence-electron chi connectivity index (χ1n) is 6.25. The zero-order chi connectivity index (χ0) is 14.0. The number of rotatable bonds is 4. The Bertz CT molecular complexity index is 554. The van der Waals surface area contributed by atoms with Crippen LogP contribution in [0.1, 0.15) is 23.2 Å². The molecule has 19 heavy (non-hydrogen) atoms. The summed E-state index contributed by atoms with van der Waals surface area (Å²) in [4.78, 5) is 12.3. The van der Waals surface area contributed by atoms with E-state index < -0.39 is 0 Å². The van der Waals surface area contributed by atoms with Crippen LogP contribution in [0.4, 0.5) is 5.82 Å². The Morgan fingerprint density at radius 3 is 2.74 bits per heavy atom. The molecular weight excluding hydrogens is 278 g/mol. The van der Waals surface area contributed by atoms with Gasteiger partial charge in [-0.25, -0.2) is 9.97 Å². The van der Waals surface area contributed by atoms with Crippen molar-refractivity contribution in [1.29, 1.82) is 0 Å². The molecule has 2 heterocycles. The lowest BCUT2D eigenvalue weighted by atomic mass is 10.1. The molecule has 0 fully saturated rings. The van der Waals surface area contributed by atoms with E-state index >= 15 is 0 Å². The van der Waals surface area contributed by atoms with Crippen LogP contribution in [0.5, 0.6) is 0 Å². The molecule has 0 radical (unpaired) electrons. The monoisotopic (exact) mass is 295 g/mol. The first kappa shape index (κ1) is 14.3. The van der Waals surface area contributed by atoms with Gasteiger partial charge in [-0.15, -0.1) is 11.3 Å². The number of aromatic nitrogens is 2. The normalized spacial score (nSPS) is 12.5. The lowest BCUT2D eigenvalue weighted by Crippen LogP contribution is -2.32. The second-order valence-electron chi connectivity index (χ2n) is 4.75. The van der Waals surface area contributed by atoms with E-state index in [0.29, 0.717) is 17.0 Å². The molecule has 0 bridgehead atoms. The maximum absolute atomic E-state index is 6.13. The van der Waals surface area contributed by atoms with Gasteiger partial charge in [-0.1, -0.05) is 17.7 Å². The van der Waals surface area contributed by atoms with Crippen molar-refractivity contribution >= 4 is 28.8 Å². The molecule has 0 aliphatic rings. The topological polar surface area (TPSA) is 29.0 Å². The van der Waals surface area contributed by atoms with Crippen molar-refractivity contribution in [3.05, 3.63) is 38.9 Å². The van der Waals surface area contributed by atoms with Gasteiger partial charge in [0.05, 0.1) is 0 Å². The Balaban J connectivity index is 2.21. The summed E-state index contributed by atoms with van der Waals surface area (Å²) in [6, 6.07) is 4.62. The van der Waals surface area contributed by atoms with Gasteiger partial charge in [0, 0.05) is 30.0 Å². The fraction of sp³-hybridized carbons (Fsp3) is 0.429. The molecule has 1 atom stereocenters. The van der Waals surface area contributed by atoms with Crippen LogP contribution in [-0.2, 0) is 6.42 Å². The van der Waals surface area contributed by atoms with E-state index in [1.807, 2.05) is 13.8 Å². The number of anilines is 1. The van der Waals surface area contributed by atoms with Crippen LogP contribution >= 0.6 is 22.9 Å². The summed E-state index contributed by atoms with van der Waals surface area (Å²) < 4.78 is 0. The number of likely N-dealkylation sites (N-methyl/N-ethyl adjacent to an activating group) is 1. The van der Waals surface area contributed by atoms with Gasteiger partial charge < -0.3 is 4.90 Å². The highest BCUT2D eigenvalue weighted by Gasteiger charge is 2.17. The molecule has 0 spiro atoms. The molecule has 102 valence electrons. The number of hydrogen-bond donors (Lipinski definition) is 0. The third-order valence-electron chi connectivity index (χ3n) is 3.24. The van der Waals surface area contributed by atoms with Crippen molar-refractivity contribution in [2.45, 2.75) is 33.2 Å². The molecule has 0 aliphatic carbocycles. The van der Waals surface area contributed by atoms with Crippen molar-refractivity contribution in [2.24, 2.45) is 0 Å². The van der Waals surface area contributed by atoms with Gasteiger partial charge >= 0.3 is 0 Å². The molecule has 1 unspecified atom stereocenters. The summed E-state index contributed by atoms with van der Waals surface area (Å²) >= 11 is 7.92. The first-order chi connectivity index (χ1) is 8.99. The Morgan fingerprint density at radius 1 is 1.37 bits per heavy atom. The molecule has 0 saturated carbocycles. The fourth-order valence-corrected chi connectivity index (χ4v) is 3.02. The fourth-order valence-electron chi connectivity index (χ4n) is 1.99. The van der Waals surface area contributed by atoms with Crippen molar-refractivity contribution in [3.8, 4) is 0 Å². The van der Waals surface area contributed by atoms with Crippen LogP contribution < -0.4 is 4.90 Å². The highest BCUT2D eigenvalue weighted by Crippen LogP contribution is 2.25. The first-order valence-corrected chi connectivity index (χ1v) is 7.50. The molecule has 2 aromatic heterocycles. The quantitative estimate of drug-likeness (QED) is 0.802. The largest absolute Gasteiger partial charge is 0.356 e. The van der Waals surface area contributed by atoms with Crippen LogP contribution in [0.25, 0.3) is 0 Å². The van der Waals surface area contributed by atoms with E-state index in [1.54, 1.807) is 11.3 Å². The number of aryl methyl sites for hydroxylation is 1. The van der Waals surface area contributed by atoms with Crippen molar-refractivity contribution in [2.75, 3.05) is 11.9 Å². The van der Waals surface area contributed by atoms with E-state index in [9.17, 15) is 0 Å². The second kappa shape index (κ2) is 5.88. The summed E-state index contributed by atoms with van der Waals surface area (Å²) in [5, 5.41) is 2.65. The third-order valence-corrected chi connectivity index (χ3v) is 4.51. The Labute approximate surface area is 123 Å².